The first-order valence-electron chi connectivity index (χ1n) is 3.48. The third kappa shape index (κ3) is 1.28. The molecule has 0 fully saturated rings. The quantitative estimate of drug-likeness (QED) is 0.759. The third-order valence-corrected chi connectivity index (χ3v) is 3.88. The van der Waals surface area contributed by atoms with Crippen LogP contribution in [0, 0.1) is 0 Å². The van der Waals surface area contributed by atoms with Crippen LogP contribution in [0.1, 0.15) is 10.4 Å². The molecule has 1 amide bonds. The van der Waals surface area contributed by atoms with Gasteiger partial charge in [-0.1, -0.05) is 23.2 Å². The van der Waals surface area contributed by atoms with Crippen LogP contribution in [0.25, 0.3) is 0 Å². The molecule has 0 radical (unpaired) electrons. The molecule has 0 saturated heterocycles. The Bertz CT molecular complexity index is 538. The van der Waals surface area contributed by atoms with Crippen molar-refractivity contribution in [1.82, 2.24) is 4.72 Å². The molecule has 14 heavy (non-hydrogen) atoms. The van der Waals surface area contributed by atoms with E-state index in [2.05, 4.69) is 0 Å². The topological polar surface area (TPSA) is 63.2 Å². The summed E-state index contributed by atoms with van der Waals surface area (Å²) in [6, 6.07) is 2.39. The largest absolute Gasteiger partial charge is 0.268 e. The number of carbonyl (C=O) groups excluding carboxylic acids is 1. The molecule has 1 heterocycles. The van der Waals surface area contributed by atoms with Gasteiger partial charge in [0.05, 0.1) is 15.6 Å². The lowest BCUT2D eigenvalue weighted by molar-refractivity contribution is 0.0985. The smallest absolute Gasteiger partial charge is 0.266 e. The van der Waals surface area contributed by atoms with E-state index in [0.717, 1.165) is 6.07 Å². The second-order valence-corrected chi connectivity index (χ2v) is 5.16. The fraction of sp³-hybridized carbons (Fsp3) is 0. The lowest BCUT2D eigenvalue weighted by atomic mass is 10.2. The monoisotopic (exact) mass is 251 g/mol. The molecular formula is C7H3Cl2NO3S. The van der Waals surface area contributed by atoms with Gasteiger partial charge in [0.15, 0.2) is 0 Å². The Labute approximate surface area is 89.9 Å². The van der Waals surface area contributed by atoms with Gasteiger partial charge in [-0.25, -0.2) is 13.1 Å². The zero-order valence-electron chi connectivity index (χ0n) is 6.54. The van der Waals surface area contributed by atoms with E-state index in [1.54, 1.807) is 0 Å². The summed E-state index contributed by atoms with van der Waals surface area (Å²) in [5.41, 5.74) is 0.0272. The van der Waals surface area contributed by atoms with Gasteiger partial charge >= 0.3 is 0 Å². The summed E-state index contributed by atoms with van der Waals surface area (Å²) >= 11 is 11.3. The number of fused-ring (bicyclic) bond motifs is 1. The molecule has 0 spiro atoms. The van der Waals surface area contributed by atoms with Crippen molar-refractivity contribution in [3.63, 3.8) is 0 Å². The van der Waals surface area contributed by atoms with Gasteiger partial charge < -0.3 is 0 Å². The van der Waals surface area contributed by atoms with Crippen LogP contribution in [0.15, 0.2) is 17.0 Å². The van der Waals surface area contributed by atoms with E-state index in [1.807, 2.05) is 4.72 Å². The van der Waals surface area contributed by atoms with Crippen LogP contribution in [-0.2, 0) is 10.0 Å². The molecule has 1 aromatic rings. The molecule has 0 aromatic heterocycles. The molecule has 1 N–H and O–H groups in total. The summed E-state index contributed by atoms with van der Waals surface area (Å²) in [5.74, 6) is -0.682. The number of benzene rings is 1. The average molecular weight is 252 g/mol. The van der Waals surface area contributed by atoms with Crippen LogP contribution in [0.4, 0.5) is 0 Å². The molecule has 1 aliphatic rings. The standard InChI is InChI=1S/C7H3Cl2NO3S/c8-4-1-3-6(2-5(4)9)14(12,13)10-7(3)11/h1-2H,(H,10,11). The Morgan fingerprint density at radius 3 is 2.36 bits per heavy atom. The SMILES string of the molecule is O=C1NS(=O)(=O)c2cc(Cl)c(Cl)cc21. The van der Waals surface area contributed by atoms with Crippen molar-refractivity contribution in [2.75, 3.05) is 0 Å². The summed E-state index contributed by atoms with van der Waals surface area (Å²) in [5, 5.41) is 0.253. The highest BCUT2D eigenvalue weighted by Crippen LogP contribution is 2.31. The first-order valence-corrected chi connectivity index (χ1v) is 5.72. The summed E-state index contributed by atoms with van der Waals surface area (Å²) in [7, 11) is -3.74. The van der Waals surface area contributed by atoms with Crippen LogP contribution in [0.3, 0.4) is 0 Å². The molecular weight excluding hydrogens is 249 g/mol. The molecule has 4 nitrogen and oxygen atoms in total. The van der Waals surface area contributed by atoms with Gasteiger partial charge in [0, 0.05) is 0 Å². The fourth-order valence-electron chi connectivity index (χ4n) is 1.16. The van der Waals surface area contributed by atoms with E-state index in [-0.39, 0.29) is 20.5 Å². The van der Waals surface area contributed by atoms with E-state index >= 15 is 0 Å². The minimum atomic E-state index is -3.74. The van der Waals surface area contributed by atoms with Gasteiger partial charge in [-0.3, -0.25) is 4.79 Å². The van der Waals surface area contributed by atoms with Crippen molar-refractivity contribution in [2.24, 2.45) is 0 Å². The van der Waals surface area contributed by atoms with Crippen molar-refractivity contribution in [3.05, 3.63) is 27.7 Å². The number of rotatable bonds is 0. The molecule has 0 bridgehead atoms. The van der Waals surface area contributed by atoms with Crippen LogP contribution in [0.2, 0.25) is 10.0 Å². The zero-order valence-corrected chi connectivity index (χ0v) is 8.87. The van der Waals surface area contributed by atoms with Gasteiger partial charge in [0.1, 0.15) is 4.90 Å². The average Bonchev–Trinajstić information content (AvgIpc) is 2.26. The Balaban J connectivity index is 2.83. The zero-order chi connectivity index (χ0) is 10.5. The van der Waals surface area contributed by atoms with Gasteiger partial charge in [0.2, 0.25) is 0 Å². The minimum absolute atomic E-state index is 0.0272. The van der Waals surface area contributed by atoms with Crippen LogP contribution >= 0.6 is 23.2 Å². The summed E-state index contributed by atoms with van der Waals surface area (Å²) < 4.78 is 24.4. The van der Waals surface area contributed by atoms with Crippen molar-refractivity contribution in [2.45, 2.75) is 4.90 Å². The summed E-state index contributed by atoms with van der Waals surface area (Å²) in [6.45, 7) is 0. The van der Waals surface area contributed by atoms with Gasteiger partial charge in [0.25, 0.3) is 15.9 Å². The summed E-state index contributed by atoms with van der Waals surface area (Å²) in [4.78, 5) is 11.0. The predicted octanol–water partition coefficient (Wildman–Crippen LogP) is 1.43. The highest BCUT2D eigenvalue weighted by atomic mass is 35.5. The third-order valence-electron chi connectivity index (χ3n) is 1.78. The van der Waals surface area contributed by atoms with Crippen molar-refractivity contribution in [3.8, 4) is 0 Å². The van der Waals surface area contributed by atoms with Crippen molar-refractivity contribution in [1.29, 1.82) is 0 Å². The number of hydrogen-bond acceptors (Lipinski definition) is 3. The first kappa shape index (κ1) is 9.76. The Morgan fingerprint density at radius 2 is 1.71 bits per heavy atom. The van der Waals surface area contributed by atoms with Gasteiger partial charge in [-0.15, -0.1) is 0 Å². The molecule has 2 rings (SSSR count). The molecule has 0 atom stereocenters. The van der Waals surface area contributed by atoms with E-state index in [1.165, 1.54) is 6.07 Å². The van der Waals surface area contributed by atoms with Crippen LogP contribution < -0.4 is 4.72 Å². The molecule has 1 aliphatic heterocycles. The molecule has 0 aliphatic carbocycles. The number of nitrogens with one attached hydrogen (secondary N) is 1. The fourth-order valence-corrected chi connectivity index (χ4v) is 2.73. The van der Waals surface area contributed by atoms with Crippen LogP contribution in [0.5, 0.6) is 0 Å². The number of amides is 1. The number of carbonyl (C=O) groups is 1. The number of hydrogen-bond donors (Lipinski definition) is 1. The van der Waals surface area contributed by atoms with E-state index in [9.17, 15) is 13.2 Å². The maximum absolute atomic E-state index is 11.3. The Hall–Kier alpha value is -0.780. The molecule has 74 valence electrons. The minimum Gasteiger partial charge on any atom is -0.268 e. The molecule has 1 aromatic carbocycles. The predicted molar refractivity (Wildman–Crippen MR) is 51.1 cm³/mol. The maximum atomic E-state index is 11.3. The lowest BCUT2D eigenvalue weighted by Gasteiger charge is -1.98. The molecule has 7 heteroatoms. The van der Waals surface area contributed by atoms with Gasteiger partial charge in [-0.2, -0.15) is 0 Å². The van der Waals surface area contributed by atoms with Crippen molar-refractivity contribution < 1.29 is 13.2 Å². The number of sulfonamides is 1. The Kier molecular flexibility index (Phi) is 1.99. The first-order chi connectivity index (χ1) is 6.42. The lowest BCUT2D eigenvalue weighted by Crippen LogP contribution is -2.20. The second-order valence-electron chi connectivity index (χ2n) is 2.70. The highest BCUT2D eigenvalue weighted by Gasteiger charge is 2.33. The molecule has 0 unspecified atom stereocenters. The van der Waals surface area contributed by atoms with E-state index in [0.29, 0.717) is 0 Å². The normalized spacial score (nSPS) is 17.7. The van der Waals surface area contributed by atoms with E-state index in [4.69, 9.17) is 23.2 Å². The van der Waals surface area contributed by atoms with Crippen LogP contribution in [-0.4, -0.2) is 14.3 Å². The van der Waals surface area contributed by atoms with Crippen molar-refractivity contribution >= 4 is 39.1 Å². The second kappa shape index (κ2) is 2.85. The summed E-state index contributed by atoms with van der Waals surface area (Å²) in [6.07, 6.45) is 0. The Morgan fingerprint density at radius 1 is 1.14 bits per heavy atom. The highest BCUT2D eigenvalue weighted by molar-refractivity contribution is 7.90. The van der Waals surface area contributed by atoms with E-state index < -0.39 is 15.9 Å². The maximum Gasteiger partial charge on any atom is 0.266 e. The number of halogens is 2. The van der Waals surface area contributed by atoms with Gasteiger partial charge in [-0.05, 0) is 12.1 Å². The molecule has 0 saturated carbocycles.